The maximum absolute atomic E-state index is 10.8. The monoisotopic (exact) mass is 314 g/mol. The quantitative estimate of drug-likeness (QED) is 0.663. The molecule has 126 valence electrons. The van der Waals surface area contributed by atoms with Gasteiger partial charge in [0.2, 0.25) is 0 Å². The molecule has 4 rings (SSSR count). The van der Waals surface area contributed by atoms with E-state index in [1.807, 2.05) is 0 Å². The number of hydrogen-bond acceptors (Lipinski definition) is 2. The van der Waals surface area contributed by atoms with Gasteiger partial charge in [-0.25, -0.2) is 0 Å². The molecule has 2 heteroatoms. The van der Waals surface area contributed by atoms with Gasteiger partial charge in [-0.1, -0.05) is 43.7 Å². The van der Waals surface area contributed by atoms with Gasteiger partial charge in [0.05, 0.1) is 12.2 Å². The van der Waals surface area contributed by atoms with E-state index in [1.54, 1.807) is 0 Å². The molecule has 23 heavy (non-hydrogen) atoms. The standard InChI is InChI=1S/C21H30O2/c1-4-13-6-8-17-16-7-5-14-11-15(22)12-19(23)21(14,3)18(16)9-10-20(13,17)2/h4-6,8,15-19,22-23H,7,9-12H2,1-3H3/t15-,16+,17+,18+,19?,20-,21+/m1/s1. The highest BCUT2D eigenvalue weighted by atomic mass is 16.3. The number of rotatable bonds is 0. The van der Waals surface area contributed by atoms with E-state index in [0.717, 1.165) is 12.8 Å². The Balaban J connectivity index is 1.73. The highest BCUT2D eigenvalue weighted by molar-refractivity contribution is 5.38. The first-order chi connectivity index (χ1) is 10.9. The molecule has 7 atom stereocenters. The lowest BCUT2D eigenvalue weighted by atomic mass is 9.47. The molecule has 0 aliphatic heterocycles. The Kier molecular flexibility index (Phi) is 3.45. The summed E-state index contributed by atoms with van der Waals surface area (Å²) in [5.74, 6) is 1.77. The summed E-state index contributed by atoms with van der Waals surface area (Å²) in [7, 11) is 0. The average molecular weight is 314 g/mol. The van der Waals surface area contributed by atoms with Crippen molar-refractivity contribution in [3.63, 3.8) is 0 Å². The van der Waals surface area contributed by atoms with Crippen LogP contribution in [0.25, 0.3) is 0 Å². The summed E-state index contributed by atoms with van der Waals surface area (Å²) >= 11 is 0. The lowest BCUT2D eigenvalue weighted by Crippen LogP contribution is -2.55. The van der Waals surface area contributed by atoms with Gasteiger partial charge in [0.15, 0.2) is 0 Å². The topological polar surface area (TPSA) is 40.5 Å². The molecule has 0 bridgehead atoms. The van der Waals surface area contributed by atoms with Crippen molar-refractivity contribution in [2.24, 2.45) is 28.6 Å². The zero-order valence-electron chi connectivity index (χ0n) is 14.6. The van der Waals surface area contributed by atoms with E-state index in [1.165, 1.54) is 24.0 Å². The lowest BCUT2D eigenvalue weighted by molar-refractivity contribution is -0.0904. The molecule has 0 radical (unpaired) electrons. The van der Waals surface area contributed by atoms with Crippen LogP contribution in [0.5, 0.6) is 0 Å². The minimum Gasteiger partial charge on any atom is -0.393 e. The number of aliphatic hydroxyl groups excluding tert-OH is 2. The Morgan fingerprint density at radius 2 is 2.04 bits per heavy atom. The van der Waals surface area contributed by atoms with Gasteiger partial charge in [0, 0.05) is 11.8 Å². The molecule has 2 fully saturated rings. The Hall–Kier alpha value is -0.860. The predicted molar refractivity (Wildman–Crippen MR) is 92.8 cm³/mol. The van der Waals surface area contributed by atoms with Gasteiger partial charge < -0.3 is 10.2 Å². The van der Waals surface area contributed by atoms with Gasteiger partial charge in [0.1, 0.15) is 0 Å². The SMILES string of the molecule is CC=C1C=C[C@H]2[C@@H]3CC=C4C[C@@H](O)CC(O)[C@]4(C)[C@H]3CC[C@]12C. The summed E-state index contributed by atoms with van der Waals surface area (Å²) in [5, 5.41) is 20.9. The minimum absolute atomic E-state index is 0.129. The molecule has 1 unspecified atom stereocenters. The van der Waals surface area contributed by atoms with Gasteiger partial charge in [-0.2, -0.15) is 0 Å². The third-order valence-electron chi connectivity index (χ3n) is 7.88. The normalized spacial score (nSPS) is 53.5. The molecule has 2 nitrogen and oxygen atoms in total. The van der Waals surface area contributed by atoms with E-state index in [-0.39, 0.29) is 16.9 Å². The van der Waals surface area contributed by atoms with Crippen LogP contribution in [0.1, 0.15) is 52.9 Å². The van der Waals surface area contributed by atoms with Crippen LogP contribution in [0.15, 0.2) is 35.5 Å². The Bertz CT molecular complexity index is 601. The van der Waals surface area contributed by atoms with Crippen molar-refractivity contribution in [2.75, 3.05) is 0 Å². The fourth-order valence-corrected chi connectivity index (χ4v) is 6.47. The maximum atomic E-state index is 10.8. The van der Waals surface area contributed by atoms with Crippen molar-refractivity contribution >= 4 is 0 Å². The summed E-state index contributed by atoms with van der Waals surface area (Å²) in [4.78, 5) is 0. The number of fused-ring (bicyclic) bond motifs is 5. The molecule has 0 saturated heterocycles. The maximum Gasteiger partial charge on any atom is 0.0658 e. The van der Waals surface area contributed by atoms with Crippen LogP contribution in [0.2, 0.25) is 0 Å². The Labute approximate surface area is 140 Å². The van der Waals surface area contributed by atoms with E-state index in [0.29, 0.717) is 24.2 Å². The molecule has 4 aliphatic rings. The fourth-order valence-electron chi connectivity index (χ4n) is 6.47. The third kappa shape index (κ3) is 1.94. The Morgan fingerprint density at radius 3 is 2.78 bits per heavy atom. The van der Waals surface area contributed by atoms with E-state index < -0.39 is 6.10 Å². The van der Waals surface area contributed by atoms with Crippen LogP contribution in [-0.4, -0.2) is 22.4 Å². The summed E-state index contributed by atoms with van der Waals surface area (Å²) < 4.78 is 0. The molecule has 0 aromatic heterocycles. The second kappa shape index (κ2) is 5.07. The van der Waals surface area contributed by atoms with E-state index >= 15 is 0 Å². The van der Waals surface area contributed by atoms with E-state index in [2.05, 4.69) is 45.1 Å². The number of aliphatic hydroxyl groups is 2. The van der Waals surface area contributed by atoms with E-state index in [9.17, 15) is 10.2 Å². The predicted octanol–water partition coefficient (Wildman–Crippen LogP) is 4.00. The fraction of sp³-hybridized carbons (Fsp3) is 0.714. The van der Waals surface area contributed by atoms with Gasteiger partial charge >= 0.3 is 0 Å². The molecule has 0 aromatic rings. The van der Waals surface area contributed by atoms with Crippen molar-refractivity contribution in [1.29, 1.82) is 0 Å². The molecule has 2 saturated carbocycles. The van der Waals surface area contributed by atoms with Gasteiger partial charge in [-0.15, -0.1) is 0 Å². The largest absolute Gasteiger partial charge is 0.393 e. The third-order valence-corrected chi connectivity index (χ3v) is 7.88. The molecule has 4 aliphatic carbocycles. The van der Waals surface area contributed by atoms with Gasteiger partial charge in [0.25, 0.3) is 0 Å². The van der Waals surface area contributed by atoms with Crippen LogP contribution in [0.3, 0.4) is 0 Å². The molecule has 2 N–H and O–H groups in total. The first kappa shape index (κ1) is 15.7. The first-order valence-corrected chi connectivity index (χ1v) is 9.32. The lowest BCUT2D eigenvalue weighted by Gasteiger charge is -2.58. The van der Waals surface area contributed by atoms with Crippen molar-refractivity contribution in [1.82, 2.24) is 0 Å². The summed E-state index contributed by atoms with van der Waals surface area (Å²) in [6.07, 6.45) is 13.5. The summed E-state index contributed by atoms with van der Waals surface area (Å²) in [5.41, 5.74) is 2.98. The highest BCUT2D eigenvalue weighted by Gasteiger charge is 2.58. The molecule has 0 aromatic carbocycles. The number of allylic oxidation sites excluding steroid dienone is 5. The zero-order chi connectivity index (χ0) is 16.4. The van der Waals surface area contributed by atoms with Gasteiger partial charge in [-0.05, 0) is 61.3 Å². The minimum atomic E-state index is -0.402. The molecular weight excluding hydrogens is 284 g/mol. The second-order valence-electron chi connectivity index (χ2n) is 8.71. The first-order valence-electron chi connectivity index (χ1n) is 9.32. The van der Waals surface area contributed by atoms with Crippen molar-refractivity contribution in [3.05, 3.63) is 35.5 Å². The van der Waals surface area contributed by atoms with Crippen molar-refractivity contribution in [2.45, 2.75) is 65.1 Å². The molecular formula is C21H30O2. The molecule has 0 amide bonds. The van der Waals surface area contributed by atoms with Crippen LogP contribution in [0.4, 0.5) is 0 Å². The molecule has 0 heterocycles. The smallest absolute Gasteiger partial charge is 0.0658 e. The van der Waals surface area contributed by atoms with Crippen molar-refractivity contribution in [3.8, 4) is 0 Å². The second-order valence-corrected chi connectivity index (χ2v) is 8.71. The number of hydrogen-bond donors (Lipinski definition) is 2. The average Bonchev–Trinajstić information content (AvgIpc) is 2.85. The van der Waals surface area contributed by atoms with Crippen molar-refractivity contribution < 1.29 is 10.2 Å². The Morgan fingerprint density at radius 1 is 1.26 bits per heavy atom. The van der Waals surface area contributed by atoms with Crippen LogP contribution in [0, 0.1) is 28.6 Å². The van der Waals surface area contributed by atoms with Gasteiger partial charge in [-0.3, -0.25) is 0 Å². The zero-order valence-corrected chi connectivity index (χ0v) is 14.6. The summed E-state index contributed by atoms with van der Waals surface area (Å²) in [6, 6.07) is 0. The van der Waals surface area contributed by atoms with Crippen LogP contribution in [-0.2, 0) is 0 Å². The summed E-state index contributed by atoms with van der Waals surface area (Å²) in [6.45, 7) is 6.86. The highest BCUT2D eigenvalue weighted by Crippen LogP contribution is 2.64. The van der Waals surface area contributed by atoms with Crippen LogP contribution < -0.4 is 0 Å². The van der Waals surface area contributed by atoms with Crippen LogP contribution >= 0.6 is 0 Å². The molecule has 0 spiro atoms. The van der Waals surface area contributed by atoms with E-state index in [4.69, 9.17) is 0 Å².